The molecule has 0 radical (unpaired) electrons. The molecule has 0 saturated heterocycles. The minimum absolute atomic E-state index is 0.288. The molecular weight excluding hydrogens is 253 g/mol. The fraction of sp³-hybridized carbons (Fsp3) is 0.857. The quantitative estimate of drug-likeness (QED) is 0.823. The number of alkyl halides is 3. The van der Waals surface area contributed by atoms with Gasteiger partial charge >= 0.3 is 11.5 Å². The van der Waals surface area contributed by atoms with E-state index in [1.165, 1.54) is 13.8 Å². The average molecular weight is 264 g/mol. The molecule has 0 aliphatic rings. The van der Waals surface area contributed by atoms with E-state index in [0.29, 0.717) is 0 Å². The van der Waals surface area contributed by atoms with E-state index in [0.717, 1.165) is 0 Å². The van der Waals surface area contributed by atoms with Gasteiger partial charge in [-0.2, -0.15) is 13.2 Å². The molecule has 3 nitrogen and oxygen atoms in total. The molecule has 0 bridgehead atoms. The molecule has 15 heavy (non-hydrogen) atoms. The topological polar surface area (TPSA) is 54.4 Å². The van der Waals surface area contributed by atoms with E-state index in [9.17, 15) is 22.2 Å². The van der Waals surface area contributed by atoms with Crippen molar-refractivity contribution in [2.45, 2.75) is 24.1 Å². The summed E-state index contributed by atoms with van der Waals surface area (Å²) in [7, 11) is -1.82. The minimum Gasteiger partial charge on any atom is -0.480 e. The maximum atomic E-state index is 11.7. The second kappa shape index (κ2) is 5.20. The van der Waals surface area contributed by atoms with E-state index in [1.54, 1.807) is 0 Å². The molecule has 1 atom stereocenters. The summed E-state index contributed by atoms with van der Waals surface area (Å²) in [6.45, 7) is 2.45. The van der Waals surface area contributed by atoms with Gasteiger partial charge in [0.05, 0.1) is 0 Å². The third-order valence-electron chi connectivity index (χ3n) is 1.62. The van der Waals surface area contributed by atoms with Crippen molar-refractivity contribution in [1.29, 1.82) is 0 Å². The highest BCUT2D eigenvalue weighted by Crippen LogP contribution is 2.30. The van der Waals surface area contributed by atoms with Crippen molar-refractivity contribution in [2.75, 3.05) is 11.5 Å². The van der Waals surface area contributed by atoms with Gasteiger partial charge < -0.3 is 5.11 Å². The molecule has 0 aliphatic heterocycles. The van der Waals surface area contributed by atoms with Gasteiger partial charge in [-0.25, -0.2) is 0 Å². The number of carboxylic acid groups (broad SMARTS) is 1. The predicted molar refractivity (Wildman–Crippen MR) is 53.2 cm³/mol. The third kappa shape index (κ3) is 5.41. The Morgan fingerprint density at radius 3 is 2.20 bits per heavy atom. The first kappa shape index (κ1) is 14.8. The van der Waals surface area contributed by atoms with Crippen LogP contribution in [0, 0.1) is 0 Å². The lowest BCUT2D eigenvalue weighted by atomic mass is 10.2. The van der Waals surface area contributed by atoms with E-state index >= 15 is 0 Å². The summed E-state index contributed by atoms with van der Waals surface area (Å²) in [5.74, 6) is -1.96. The lowest BCUT2D eigenvalue weighted by Crippen LogP contribution is -2.38. The zero-order valence-corrected chi connectivity index (χ0v) is 9.76. The Morgan fingerprint density at radius 2 is 1.87 bits per heavy atom. The summed E-state index contributed by atoms with van der Waals surface area (Å²) in [6, 6.07) is 0. The number of halogens is 3. The first-order valence-corrected chi connectivity index (χ1v) is 6.20. The molecule has 0 spiro atoms. The molecular formula is C7H11F3O3S2. The Kier molecular flexibility index (Phi) is 5.12. The fourth-order valence-electron chi connectivity index (χ4n) is 0.586. The van der Waals surface area contributed by atoms with Crippen LogP contribution < -0.4 is 0 Å². The molecule has 0 aromatic heterocycles. The molecule has 0 heterocycles. The number of carbonyl (C=O) groups is 1. The Bertz CT molecular complexity index is 263. The maximum Gasteiger partial charge on any atom is 0.441 e. The summed E-state index contributed by atoms with van der Waals surface area (Å²) in [5, 5.41) is 8.65. The van der Waals surface area contributed by atoms with Crippen molar-refractivity contribution < 1.29 is 27.3 Å². The van der Waals surface area contributed by atoms with E-state index < -0.39 is 32.8 Å². The average Bonchev–Trinajstić information content (AvgIpc) is 2.01. The van der Waals surface area contributed by atoms with Gasteiger partial charge in [-0.15, -0.1) is 0 Å². The summed E-state index contributed by atoms with van der Waals surface area (Å²) in [4.78, 5) is 10.6. The van der Waals surface area contributed by atoms with Crippen molar-refractivity contribution >= 4 is 28.5 Å². The van der Waals surface area contributed by atoms with Gasteiger partial charge in [0.2, 0.25) is 0 Å². The van der Waals surface area contributed by atoms with Gasteiger partial charge in [0.25, 0.3) is 0 Å². The predicted octanol–water partition coefficient (Wildman–Crippen LogP) is 1.85. The van der Waals surface area contributed by atoms with Crippen LogP contribution in [0.25, 0.3) is 0 Å². The van der Waals surface area contributed by atoms with Crippen LogP contribution in [0.2, 0.25) is 0 Å². The summed E-state index contributed by atoms with van der Waals surface area (Å²) in [5.41, 5.74) is -4.36. The van der Waals surface area contributed by atoms with Crippen LogP contribution >= 0.6 is 11.8 Å². The normalized spacial score (nSPS) is 15.0. The van der Waals surface area contributed by atoms with E-state index in [-0.39, 0.29) is 17.5 Å². The van der Waals surface area contributed by atoms with Gasteiger partial charge in [-0.05, 0) is 13.8 Å². The molecule has 0 aromatic carbocycles. The number of aliphatic carboxylic acids is 1. The molecule has 90 valence electrons. The largest absolute Gasteiger partial charge is 0.480 e. The van der Waals surface area contributed by atoms with Crippen molar-refractivity contribution in [1.82, 2.24) is 0 Å². The molecule has 1 unspecified atom stereocenters. The Balaban J connectivity index is 4.11. The van der Waals surface area contributed by atoms with Crippen molar-refractivity contribution in [3.05, 3.63) is 0 Å². The van der Waals surface area contributed by atoms with Gasteiger partial charge in [0.15, 0.2) is 0 Å². The van der Waals surface area contributed by atoms with E-state index in [4.69, 9.17) is 5.11 Å². The summed E-state index contributed by atoms with van der Waals surface area (Å²) >= 11 is -0.296. The van der Waals surface area contributed by atoms with Crippen LogP contribution in [0.4, 0.5) is 13.2 Å². The number of carboxylic acids is 1. The third-order valence-corrected chi connectivity index (χ3v) is 4.50. The number of hydrogen-bond acceptors (Lipinski definition) is 3. The monoisotopic (exact) mass is 264 g/mol. The first-order chi connectivity index (χ1) is 6.57. The summed E-state index contributed by atoms with van der Waals surface area (Å²) in [6.07, 6.45) is 0. The first-order valence-electron chi connectivity index (χ1n) is 3.90. The molecule has 1 N–H and O–H groups in total. The van der Waals surface area contributed by atoms with Gasteiger partial charge in [-0.1, -0.05) is 11.8 Å². The highest BCUT2D eigenvalue weighted by Gasteiger charge is 2.35. The van der Waals surface area contributed by atoms with Crippen LogP contribution in [-0.2, 0) is 15.6 Å². The van der Waals surface area contributed by atoms with E-state index in [1.807, 2.05) is 0 Å². The molecule has 0 aromatic rings. The molecule has 0 saturated carbocycles. The Labute approximate surface area is 91.9 Å². The highest BCUT2D eigenvalue weighted by atomic mass is 32.2. The zero-order chi connectivity index (χ0) is 12.3. The number of hydrogen-bond donors (Lipinski definition) is 1. The number of thioether (sulfide) groups is 1. The highest BCUT2D eigenvalue weighted by molar-refractivity contribution is 8.01. The molecule has 8 heteroatoms. The lowest BCUT2D eigenvalue weighted by molar-refractivity contribution is -0.139. The van der Waals surface area contributed by atoms with Crippen LogP contribution in [0.3, 0.4) is 0 Å². The summed E-state index contributed by atoms with van der Waals surface area (Å²) < 4.78 is 45.0. The van der Waals surface area contributed by atoms with Gasteiger partial charge in [0.1, 0.15) is 4.75 Å². The smallest absolute Gasteiger partial charge is 0.441 e. The van der Waals surface area contributed by atoms with Crippen LogP contribution in [-0.4, -0.2) is 37.0 Å². The van der Waals surface area contributed by atoms with Gasteiger partial charge in [-0.3, -0.25) is 9.00 Å². The molecule has 0 rings (SSSR count). The van der Waals surface area contributed by atoms with Crippen LogP contribution in [0.1, 0.15) is 13.8 Å². The lowest BCUT2D eigenvalue weighted by Gasteiger charge is -2.18. The van der Waals surface area contributed by atoms with Crippen LogP contribution in [0.15, 0.2) is 0 Å². The van der Waals surface area contributed by atoms with Crippen molar-refractivity contribution in [3.8, 4) is 0 Å². The zero-order valence-electron chi connectivity index (χ0n) is 8.13. The van der Waals surface area contributed by atoms with Gasteiger partial charge in [0, 0.05) is 22.3 Å². The fourth-order valence-corrected chi connectivity index (χ4v) is 2.46. The second-order valence-electron chi connectivity index (χ2n) is 3.16. The molecule has 0 fully saturated rings. The van der Waals surface area contributed by atoms with Crippen molar-refractivity contribution in [2.24, 2.45) is 0 Å². The maximum absolute atomic E-state index is 11.7. The van der Waals surface area contributed by atoms with Crippen molar-refractivity contribution in [3.63, 3.8) is 0 Å². The second-order valence-corrected chi connectivity index (χ2v) is 6.44. The Morgan fingerprint density at radius 1 is 1.40 bits per heavy atom. The Hall–Kier alpha value is -0.240. The molecule has 0 aliphatic carbocycles. The SMILES string of the molecule is CC(C)(C(=O)O)S(=O)CCSC(F)(F)F. The van der Waals surface area contributed by atoms with E-state index in [2.05, 4.69) is 0 Å². The standard InChI is InChI=1S/C7H11F3O3S2/c1-6(2,5(11)12)15(13)4-3-14-7(8,9)10/h3-4H2,1-2H3,(H,11,12). The minimum atomic E-state index is -4.36. The van der Waals surface area contributed by atoms with Crippen LogP contribution in [0.5, 0.6) is 0 Å². The number of rotatable bonds is 5. The molecule has 0 amide bonds.